The number of rotatable bonds is 10. The number of aromatic carboxylic acids is 1. The monoisotopic (exact) mass is 492 g/mol. The van der Waals surface area contributed by atoms with Gasteiger partial charge in [-0.15, -0.1) is 0 Å². The van der Waals surface area contributed by atoms with Crippen molar-refractivity contribution < 1.29 is 33.7 Å². The molecule has 2 rings (SSSR count). The van der Waals surface area contributed by atoms with Crippen molar-refractivity contribution in [2.45, 2.75) is 53.2 Å². The van der Waals surface area contributed by atoms with Crippen LogP contribution in [0.5, 0.6) is 17.2 Å². The van der Waals surface area contributed by atoms with E-state index in [4.69, 9.17) is 14.2 Å². The lowest BCUT2D eigenvalue weighted by Gasteiger charge is -2.23. The van der Waals surface area contributed by atoms with Crippen molar-refractivity contribution in [1.29, 1.82) is 0 Å². The average molecular weight is 493 g/mol. The van der Waals surface area contributed by atoms with E-state index in [9.17, 15) is 19.5 Å². The van der Waals surface area contributed by atoms with Crippen LogP contribution >= 0.6 is 15.9 Å². The zero-order chi connectivity index (χ0) is 23.1. The number of carboxylic acids is 1. The van der Waals surface area contributed by atoms with Gasteiger partial charge < -0.3 is 19.3 Å². The lowest BCUT2D eigenvalue weighted by Crippen LogP contribution is -2.25. The number of ether oxygens (including phenoxy) is 3. The molecule has 0 fully saturated rings. The van der Waals surface area contributed by atoms with Gasteiger partial charge in [0.15, 0.2) is 5.78 Å². The average Bonchev–Trinajstić information content (AvgIpc) is 2.70. The third-order valence-corrected chi connectivity index (χ3v) is 4.86. The maximum Gasteiger partial charge on any atom is 0.339 e. The highest BCUT2D eigenvalue weighted by atomic mass is 79.9. The fraction of sp³-hybridized carbons (Fsp3) is 0.348. The minimum absolute atomic E-state index is 0.00210. The molecule has 0 saturated heterocycles. The molecule has 7 nitrogen and oxygen atoms in total. The van der Waals surface area contributed by atoms with E-state index in [1.54, 1.807) is 24.3 Å². The number of carboxylic acid groups (broad SMARTS) is 1. The van der Waals surface area contributed by atoms with Gasteiger partial charge in [-0.2, -0.15) is 0 Å². The van der Waals surface area contributed by atoms with Crippen LogP contribution in [0.2, 0.25) is 0 Å². The molecular weight excluding hydrogens is 468 g/mol. The van der Waals surface area contributed by atoms with Gasteiger partial charge in [-0.3, -0.25) is 9.59 Å². The van der Waals surface area contributed by atoms with Crippen LogP contribution in [0.25, 0.3) is 0 Å². The number of carbonyl (C=O) groups is 3. The minimum atomic E-state index is -1.12. The molecule has 2 aromatic carbocycles. The number of benzene rings is 2. The highest BCUT2D eigenvalue weighted by Gasteiger charge is 2.23. The van der Waals surface area contributed by atoms with E-state index in [1.807, 2.05) is 13.8 Å². The SMILES string of the molecule is CCCc1c(OC(CC)Oc2ccc(Br)cc2C(=O)O)ccc(C(C)=O)c1OC(C)=O. The van der Waals surface area contributed by atoms with Gasteiger partial charge in [-0.25, -0.2) is 4.79 Å². The third kappa shape index (κ3) is 6.30. The summed E-state index contributed by atoms with van der Waals surface area (Å²) in [4.78, 5) is 35.3. The fourth-order valence-electron chi connectivity index (χ4n) is 2.99. The first-order valence-electron chi connectivity index (χ1n) is 9.89. The fourth-order valence-corrected chi connectivity index (χ4v) is 3.35. The van der Waals surface area contributed by atoms with E-state index >= 15 is 0 Å². The molecule has 0 aliphatic heterocycles. The predicted molar refractivity (Wildman–Crippen MR) is 118 cm³/mol. The lowest BCUT2D eigenvalue weighted by atomic mass is 10.0. The van der Waals surface area contributed by atoms with Crippen molar-refractivity contribution in [3.63, 3.8) is 0 Å². The maximum atomic E-state index is 12.0. The Morgan fingerprint density at radius 1 is 1.00 bits per heavy atom. The second kappa shape index (κ2) is 10.9. The van der Waals surface area contributed by atoms with Crippen LogP contribution in [-0.2, 0) is 11.2 Å². The summed E-state index contributed by atoms with van der Waals surface area (Å²) in [5.74, 6) is -1.14. The number of Topliss-reactive ketones (excluding diaryl/α,β-unsaturated/α-hetero) is 1. The van der Waals surface area contributed by atoms with Crippen molar-refractivity contribution in [2.75, 3.05) is 0 Å². The van der Waals surface area contributed by atoms with Gasteiger partial charge in [0.25, 0.3) is 0 Å². The van der Waals surface area contributed by atoms with Crippen LogP contribution in [0.4, 0.5) is 0 Å². The van der Waals surface area contributed by atoms with Gasteiger partial charge in [0.05, 0.1) is 5.56 Å². The third-order valence-electron chi connectivity index (χ3n) is 4.36. The topological polar surface area (TPSA) is 99.1 Å². The van der Waals surface area contributed by atoms with Gasteiger partial charge in [0.1, 0.15) is 22.8 Å². The molecule has 8 heteroatoms. The molecule has 0 aromatic heterocycles. The Morgan fingerprint density at radius 3 is 2.19 bits per heavy atom. The Hall–Kier alpha value is -2.87. The summed E-state index contributed by atoms with van der Waals surface area (Å²) in [6.07, 6.45) is 0.842. The molecule has 0 spiro atoms. The normalized spacial score (nSPS) is 11.5. The van der Waals surface area contributed by atoms with E-state index in [2.05, 4.69) is 15.9 Å². The van der Waals surface area contributed by atoms with E-state index in [0.29, 0.717) is 34.2 Å². The largest absolute Gasteiger partial charge is 0.478 e. The van der Waals surface area contributed by atoms with E-state index in [1.165, 1.54) is 19.9 Å². The molecule has 166 valence electrons. The molecule has 0 aliphatic rings. The number of halogens is 1. The van der Waals surface area contributed by atoms with Gasteiger partial charge >= 0.3 is 11.9 Å². The smallest absolute Gasteiger partial charge is 0.339 e. The van der Waals surface area contributed by atoms with Crippen LogP contribution in [0.1, 0.15) is 66.8 Å². The summed E-state index contributed by atoms with van der Waals surface area (Å²) in [5.41, 5.74) is 0.875. The molecule has 0 saturated carbocycles. The van der Waals surface area contributed by atoms with Crippen molar-refractivity contribution in [3.05, 3.63) is 51.5 Å². The zero-order valence-electron chi connectivity index (χ0n) is 17.9. The second-order valence-electron chi connectivity index (χ2n) is 6.84. The Balaban J connectivity index is 2.44. The Morgan fingerprint density at radius 2 is 1.65 bits per heavy atom. The van der Waals surface area contributed by atoms with Crippen LogP contribution < -0.4 is 14.2 Å². The molecule has 0 radical (unpaired) electrons. The number of ketones is 1. The number of hydrogen-bond donors (Lipinski definition) is 1. The predicted octanol–water partition coefficient (Wildman–Crippen LogP) is 5.42. The Labute approximate surface area is 189 Å². The van der Waals surface area contributed by atoms with Crippen LogP contribution in [-0.4, -0.2) is 29.1 Å². The molecule has 1 unspecified atom stereocenters. The summed E-state index contributed by atoms with van der Waals surface area (Å²) in [7, 11) is 0. The lowest BCUT2D eigenvalue weighted by molar-refractivity contribution is -0.131. The minimum Gasteiger partial charge on any atom is -0.478 e. The first-order chi connectivity index (χ1) is 14.7. The molecule has 0 amide bonds. The van der Waals surface area contributed by atoms with Crippen LogP contribution in [0.15, 0.2) is 34.8 Å². The highest BCUT2D eigenvalue weighted by Crippen LogP contribution is 2.35. The van der Waals surface area contributed by atoms with Crippen LogP contribution in [0, 0.1) is 0 Å². The van der Waals surface area contributed by atoms with E-state index in [-0.39, 0.29) is 22.8 Å². The molecule has 0 bridgehead atoms. The summed E-state index contributed by atoms with van der Waals surface area (Å²) in [5, 5.41) is 9.46. The van der Waals surface area contributed by atoms with Crippen molar-refractivity contribution in [2.24, 2.45) is 0 Å². The Bertz CT molecular complexity index is 984. The van der Waals surface area contributed by atoms with Crippen molar-refractivity contribution in [3.8, 4) is 17.2 Å². The molecule has 31 heavy (non-hydrogen) atoms. The molecular formula is C23H25BrO7. The summed E-state index contributed by atoms with van der Waals surface area (Å²) < 4.78 is 17.9. The summed E-state index contributed by atoms with van der Waals surface area (Å²) >= 11 is 3.26. The van der Waals surface area contributed by atoms with E-state index < -0.39 is 18.2 Å². The number of hydrogen-bond acceptors (Lipinski definition) is 6. The standard InChI is InChI=1S/C23H25BrO7/c1-5-7-17-19(11-9-16(13(3)25)22(17)29-14(4)26)30-21(6-2)31-20-10-8-15(24)12-18(20)23(27)28/h8-12,21H,5-7H2,1-4H3,(H,27,28). The van der Waals surface area contributed by atoms with Gasteiger partial charge in [-0.05, 0) is 43.7 Å². The quantitative estimate of drug-likeness (QED) is 0.204. The first-order valence-corrected chi connectivity index (χ1v) is 10.7. The van der Waals surface area contributed by atoms with Gasteiger partial charge in [0, 0.05) is 23.4 Å². The highest BCUT2D eigenvalue weighted by molar-refractivity contribution is 9.10. The Kier molecular flexibility index (Phi) is 8.62. The maximum absolute atomic E-state index is 12.0. The second-order valence-corrected chi connectivity index (χ2v) is 7.75. The molecule has 2 aromatic rings. The zero-order valence-corrected chi connectivity index (χ0v) is 19.4. The molecule has 0 heterocycles. The first kappa shape index (κ1) is 24.4. The molecule has 1 N–H and O–H groups in total. The summed E-state index contributed by atoms with van der Waals surface area (Å²) in [6.45, 7) is 6.46. The molecule has 0 aliphatic carbocycles. The summed E-state index contributed by atoms with van der Waals surface area (Å²) in [6, 6.07) is 7.87. The molecule has 1 atom stereocenters. The van der Waals surface area contributed by atoms with Crippen molar-refractivity contribution >= 4 is 33.7 Å². The van der Waals surface area contributed by atoms with E-state index in [0.717, 1.165) is 6.42 Å². The van der Waals surface area contributed by atoms with Crippen molar-refractivity contribution in [1.82, 2.24) is 0 Å². The van der Waals surface area contributed by atoms with Crippen LogP contribution in [0.3, 0.4) is 0 Å². The number of esters is 1. The van der Waals surface area contributed by atoms with Gasteiger partial charge in [-0.1, -0.05) is 36.2 Å². The number of carbonyl (C=O) groups excluding carboxylic acids is 2. The van der Waals surface area contributed by atoms with Gasteiger partial charge in [0.2, 0.25) is 6.29 Å².